The molecule has 20 heavy (non-hydrogen) atoms. The standard InChI is InChI=1S/C15H21N3O2/c1-17-8-5-9-18(11-15(17)20)14(19)10-13(16)12-6-3-2-4-7-12/h2-4,6-7,13H,5,8-11,16H2,1H3. The van der Waals surface area contributed by atoms with Gasteiger partial charge in [0.1, 0.15) is 0 Å². The van der Waals surface area contributed by atoms with Gasteiger partial charge in [-0.25, -0.2) is 0 Å². The fraction of sp³-hybridized carbons (Fsp3) is 0.467. The SMILES string of the molecule is CN1CCCN(C(=O)CC(N)c2ccccc2)CC1=O. The fourth-order valence-electron chi connectivity index (χ4n) is 2.33. The third-order valence-corrected chi connectivity index (χ3v) is 3.65. The topological polar surface area (TPSA) is 66.6 Å². The Morgan fingerprint density at radius 2 is 2.00 bits per heavy atom. The van der Waals surface area contributed by atoms with Crippen LogP contribution >= 0.6 is 0 Å². The number of hydrogen-bond acceptors (Lipinski definition) is 3. The van der Waals surface area contributed by atoms with E-state index < -0.39 is 0 Å². The van der Waals surface area contributed by atoms with Crippen molar-refractivity contribution in [3.8, 4) is 0 Å². The molecule has 0 aromatic heterocycles. The molecule has 2 amide bonds. The number of nitrogens with two attached hydrogens (primary N) is 1. The zero-order chi connectivity index (χ0) is 14.5. The second-order valence-electron chi connectivity index (χ2n) is 5.21. The van der Waals surface area contributed by atoms with E-state index in [-0.39, 0.29) is 30.8 Å². The van der Waals surface area contributed by atoms with Gasteiger partial charge in [0.2, 0.25) is 11.8 Å². The lowest BCUT2D eigenvalue weighted by atomic mass is 10.0. The van der Waals surface area contributed by atoms with Crippen molar-refractivity contribution in [2.75, 3.05) is 26.7 Å². The highest BCUT2D eigenvalue weighted by atomic mass is 16.2. The first-order valence-corrected chi connectivity index (χ1v) is 6.90. The summed E-state index contributed by atoms with van der Waals surface area (Å²) in [4.78, 5) is 27.3. The number of carbonyl (C=O) groups excluding carboxylic acids is 2. The van der Waals surface area contributed by atoms with Crippen LogP contribution in [0.25, 0.3) is 0 Å². The summed E-state index contributed by atoms with van der Waals surface area (Å²) in [6.07, 6.45) is 1.05. The number of likely N-dealkylation sites (N-methyl/N-ethyl adjacent to an activating group) is 1. The molecule has 108 valence electrons. The first kappa shape index (κ1) is 14.5. The van der Waals surface area contributed by atoms with Crippen molar-refractivity contribution in [3.63, 3.8) is 0 Å². The van der Waals surface area contributed by atoms with E-state index in [1.54, 1.807) is 16.8 Å². The number of benzene rings is 1. The van der Waals surface area contributed by atoms with Gasteiger partial charge in [0, 0.05) is 32.6 Å². The van der Waals surface area contributed by atoms with Gasteiger partial charge in [-0.15, -0.1) is 0 Å². The quantitative estimate of drug-likeness (QED) is 0.886. The molecule has 1 aliphatic heterocycles. The molecule has 0 radical (unpaired) electrons. The Kier molecular flexibility index (Phi) is 4.74. The highest BCUT2D eigenvalue weighted by molar-refractivity contribution is 5.85. The van der Waals surface area contributed by atoms with Crippen LogP contribution in [-0.2, 0) is 9.59 Å². The molecule has 1 unspecified atom stereocenters. The summed E-state index contributed by atoms with van der Waals surface area (Å²) in [5, 5.41) is 0. The van der Waals surface area contributed by atoms with Crippen LogP contribution in [0, 0.1) is 0 Å². The van der Waals surface area contributed by atoms with E-state index in [4.69, 9.17) is 5.73 Å². The van der Waals surface area contributed by atoms with Crippen LogP contribution in [0.2, 0.25) is 0 Å². The normalized spacial score (nSPS) is 17.8. The predicted molar refractivity (Wildman–Crippen MR) is 76.8 cm³/mol. The van der Waals surface area contributed by atoms with Crippen molar-refractivity contribution in [2.45, 2.75) is 18.9 Å². The van der Waals surface area contributed by atoms with Gasteiger partial charge in [0.05, 0.1) is 6.54 Å². The molecule has 1 aliphatic rings. The van der Waals surface area contributed by atoms with Crippen molar-refractivity contribution in [2.24, 2.45) is 5.73 Å². The predicted octanol–water partition coefficient (Wildman–Crippen LogP) is 0.767. The van der Waals surface area contributed by atoms with E-state index in [1.807, 2.05) is 30.3 Å². The highest BCUT2D eigenvalue weighted by Gasteiger charge is 2.24. The molecule has 2 N–H and O–H groups in total. The molecule has 1 aromatic carbocycles. The van der Waals surface area contributed by atoms with E-state index >= 15 is 0 Å². The van der Waals surface area contributed by atoms with Crippen LogP contribution in [-0.4, -0.2) is 48.3 Å². The lowest BCUT2D eigenvalue weighted by Crippen LogP contribution is -2.39. The van der Waals surface area contributed by atoms with E-state index in [0.717, 1.165) is 12.0 Å². The number of carbonyl (C=O) groups is 2. The molecule has 0 bridgehead atoms. The van der Waals surface area contributed by atoms with Crippen LogP contribution in [0.5, 0.6) is 0 Å². The van der Waals surface area contributed by atoms with Gasteiger partial charge in [-0.1, -0.05) is 30.3 Å². The van der Waals surface area contributed by atoms with Gasteiger partial charge in [-0.3, -0.25) is 9.59 Å². The average molecular weight is 275 g/mol. The molecular formula is C15H21N3O2. The number of nitrogens with zero attached hydrogens (tertiary/aromatic N) is 2. The third-order valence-electron chi connectivity index (χ3n) is 3.65. The second-order valence-corrected chi connectivity index (χ2v) is 5.21. The van der Waals surface area contributed by atoms with E-state index in [9.17, 15) is 9.59 Å². The van der Waals surface area contributed by atoms with Crippen LogP contribution < -0.4 is 5.73 Å². The number of hydrogen-bond donors (Lipinski definition) is 1. The van der Waals surface area contributed by atoms with Gasteiger partial charge in [0.25, 0.3) is 0 Å². The van der Waals surface area contributed by atoms with Crippen molar-refractivity contribution in [1.29, 1.82) is 0 Å². The summed E-state index contributed by atoms with van der Waals surface area (Å²) in [7, 11) is 1.77. The molecule has 5 heteroatoms. The molecule has 1 fully saturated rings. The average Bonchev–Trinajstić information content (AvgIpc) is 2.62. The fourth-order valence-corrected chi connectivity index (χ4v) is 2.33. The summed E-state index contributed by atoms with van der Waals surface area (Å²) in [6, 6.07) is 9.24. The van der Waals surface area contributed by atoms with Crippen molar-refractivity contribution in [3.05, 3.63) is 35.9 Å². The smallest absolute Gasteiger partial charge is 0.241 e. The second kappa shape index (κ2) is 6.52. The zero-order valence-corrected chi connectivity index (χ0v) is 11.8. The van der Waals surface area contributed by atoms with Gasteiger partial charge in [-0.2, -0.15) is 0 Å². The van der Waals surface area contributed by atoms with Crippen LogP contribution in [0.3, 0.4) is 0 Å². The van der Waals surface area contributed by atoms with Crippen LogP contribution in [0.4, 0.5) is 0 Å². The Morgan fingerprint density at radius 1 is 1.30 bits per heavy atom. The summed E-state index contributed by atoms with van der Waals surface area (Å²) in [5.41, 5.74) is 7.00. The largest absolute Gasteiger partial charge is 0.344 e. The van der Waals surface area contributed by atoms with Gasteiger partial charge < -0.3 is 15.5 Å². The minimum Gasteiger partial charge on any atom is -0.344 e. The van der Waals surface area contributed by atoms with E-state index in [0.29, 0.717) is 13.1 Å². The molecular weight excluding hydrogens is 254 g/mol. The maximum atomic E-state index is 12.3. The molecule has 1 saturated heterocycles. The maximum absolute atomic E-state index is 12.3. The Morgan fingerprint density at radius 3 is 2.70 bits per heavy atom. The minimum absolute atomic E-state index is 0.0101. The Hall–Kier alpha value is -1.88. The van der Waals surface area contributed by atoms with Crippen molar-refractivity contribution < 1.29 is 9.59 Å². The molecule has 1 heterocycles. The summed E-state index contributed by atoms with van der Waals surface area (Å²) in [6.45, 7) is 1.49. The number of rotatable bonds is 3. The lowest BCUT2D eigenvalue weighted by Gasteiger charge is -2.21. The first-order chi connectivity index (χ1) is 9.58. The zero-order valence-electron chi connectivity index (χ0n) is 11.8. The summed E-state index contributed by atoms with van der Waals surface area (Å²) in [5.74, 6) is -0.0610. The minimum atomic E-state index is -0.320. The van der Waals surface area contributed by atoms with Crippen molar-refractivity contribution >= 4 is 11.8 Å². The molecule has 0 aliphatic carbocycles. The highest BCUT2D eigenvalue weighted by Crippen LogP contribution is 2.15. The molecule has 2 rings (SSSR count). The van der Waals surface area contributed by atoms with Crippen molar-refractivity contribution in [1.82, 2.24) is 9.80 Å². The lowest BCUT2D eigenvalue weighted by molar-refractivity contribution is -0.138. The van der Waals surface area contributed by atoms with Crippen LogP contribution in [0.1, 0.15) is 24.4 Å². The molecule has 1 aromatic rings. The third kappa shape index (κ3) is 3.57. The number of amides is 2. The van der Waals surface area contributed by atoms with Gasteiger partial charge in [0.15, 0.2) is 0 Å². The van der Waals surface area contributed by atoms with E-state index in [1.165, 1.54) is 0 Å². The molecule has 0 saturated carbocycles. The van der Waals surface area contributed by atoms with E-state index in [2.05, 4.69) is 0 Å². The molecule has 5 nitrogen and oxygen atoms in total. The van der Waals surface area contributed by atoms with Gasteiger partial charge >= 0.3 is 0 Å². The summed E-state index contributed by atoms with van der Waals surface area (Å²) < 4.78 is 0. The Bertz CT molecular complexity index is 475. The Balaban J connectivity index is 1.96. The molecule has 1 atom stereocenters. The molecule has 0 spiro atoms. The summed E-state index contributed by atoms with van der Waals surface area (Å²) >= 11 is 0. The monoisotopic (exact) mass is 275 g/mol. The Labute approximate surface area is 119 Å². The van der Waals surface area contributed by atoms with Crippen LogP contribution in [0.15, 0.2) is 30.3 Å². The first-order valence-electron chi connectivity index (χ1n) is 6.90. The van der Waals surface area contributed by atoms with Gasteiger partial charge in [-0.05, 0) is 12.0 Å². The maximum Gasteiger partial charge on any atom is 0.241 e.